The number of hydrogen-bond acceptors (Lipinski definition) is 5. The zero-order valence-corrected chi connectivity index (χ0v) is 20.6. The first kappa shape index (κ1) is 25.1. The molecule has 0 aliphatic carbocycles. The van der Waals surface area contributed by atoms with Crippen LogP contribution >= 0.6 is 0 Å². The van der Waals surface area contributed by atoms with E-state index in [-0.39, 0.29) is 6.10 Å². The SMILES string of the molecule is CC(c1ccccc1)S(=O)(=O)/C=C/c1ccc(C(=O)OC2CC(C)(C)N([O])C(C)(C)C2)cc1. The van der Waals surface area contributed by atoms with Gasteiger partial charge >= 0.3 is 5.97 Å². The van der Waals surface area contributed by atoms with Gasteiger partial charge in [-0.05, 0) is 64.0 Å². The summed E-state index contributed by atoms with van der Waals surface area (Å²) in [4.78, 5) is 12.7. The van der Waals surface area contributed by atoms with Gasteiger partial charge in [0, 0.05) is 29.3 Å². The zero-order chi connectivity index (χ0) is 24.4. The van der Waals surface area contributed by atoms with Gasteiger partial charge in [-0.3, -0.25) is 0 Å². The molecule has 0 N–H and O–H groups in total. The van der Waals surface area contributed by atoms with E-state index in [1.165, 1.54) is 11.5 Å². The van der Waals surface area contributed by atoms with E-state index < -0.39 is 32.1 Å². The molecule has 1 aliphatic rings. The van der Waals surface area contributed by atoms with Crippen molar-refractivity contribution in [3.63, 3.8) is 0 Å². The van der Waals surface area contributed by atoms with E-state index in [4.69, 9.17) is 4.74 Å². The van der Waals surface area contributed by atoms with Crippen LogP contribution in [0.2, 0.25) is 0 Å². The number of hydroxylamine groups is 2. The molecule has 2 aromatic rings. The minimum absolute atomic E-state index is 0.350. The third kappa shape index (κ3) is 5.91. The summed E-state index contributed by atoms with van der Waals surface area (Å²) in [5.41, 5.74) is 0.535. The van der Waals surface area contributed by atoms with E-state index in [0.717, 1.165) is 10.6 Å². The van der Waals surface area contributed by atoms with Crippen molar-refractivity contribution in [3.05, 3.63) is 76.7 Å². The maximum Gasteiger partial charge on any atom is 0.338 e. The summed E-state index contributed by atoms with van der Waals surface area (Å²) in [5.74, 6) is -0.452. The van der Waals surface area contributed by atoms with Gasteiger partial charge in [0.25, 0.3) is 0 Å². The fourth-order valence-electron chi connectivity index (χ4n) is 4.41. The number of rotatable bonds is 6. The van der Waals surface area contributed by atoms with Crippen LogP contribution in [-0.4, -0.2) is 36.6 Å². The summed E-state index contributed by atoms with van der Waals surface area (Å²) >= 11 is 0. The molecule has 0 saturated carbocycles. The number of piperidine rings is 1. The second kappa shape index (κ2) is 9.41. The van der Waals surface area contributed by atoms with Crippen molar-refractivity contribution in [3.8, 4) is 0 Å². The van der Waals surface area contributed by atoms with Crippen molar-refractivity contribution in [1.82, 2.24) is 5.06 Å². The predicted molar refractivity (Wildman–Crippen MR) is 128 cm³/mol. The van der Waals surface area contributed by atoms with Gasteiger partial charge in [0.15, 0.2) is 9.84 Å². The number of hydrogen-bond donors (Lipinski definition) is 0. The van der Waals surface area contributed by atoms with E-state index in [2.05, 4.69) is 0 Å². The molecule has 33 heavy (non-hydrogen) atoms. The van der Waals surface area contributed by atoms with E-state index in [1.54, 1.807) is 43.3 Å². The van der Waals surface area contributed by atoms with Crippen LogP contribution in [0.3, 0.4) is 0 Å². The molecule has 1 radical (unpaired) electrons. The average molecular weight is 471 g/mol. The lowest BCUT2D eigenvalue weighted by atomic mass is 9.80. The zero-order valence-electron chi connectivity index (χ0n) is 19.8. The number of sulfone groups is 1. The average Bonchev–Trinajstić information content (AvgIpc) is 2.76. The topological polar surface area (TPSA) is 83.6 Å². The van der Waals surface area contributed by atoms with Crippen LogP contribution < -0.4 is 0 Å². The van der Waals surface area contributed by atoms with Gasteiger partial charge in [-0.2, -0.15) is 0 Å². The van der Waals surface area contributed by atoms with Crippen LogP contribution in [0.5, 0.6) is 0 Å². The van der Waals surface area contributed by atoms with E-state index >= 15 is 0 Å². The Labute approximate surface area is 196 Å². The molecule has 7 heteroatoms. The molecule has 6 nitrogen and oxygen atoms in total. The lowest BCUT2D eigenvalue weighted by molar-refractivity contribution is -0.298. The highest BCUT2D eigenvalue weighted by atomic mass is 32.2. The molecule has 0 amide bonds. The minimum atomic E-state index is -3.49. The number of carbonyl (C=O) groups is 1. The van der Waals surface area contributed by atoms with Crippen LogP contribution in [0, 0.1) is 0 Å². The number of esters is 1. The predicted octanol–water partition coefficient (Wildman–Crippen LogP) is 5.36. The summed E-state index contributed by atoms with van der Waals surface area (Å²) in [6.45, 7) is 9.09. The van der Waals surface area contributed by atoms with Crippen molar-refractivity contribution in [2.45, 2.75) is 69.9 Å². The number of ether oxygens (including phenoxy) is 1. The summed E-state index contributed by atoms with van der Waals surface area (Å²) in [6, 6.07) is 15.7. The van der Waals surface area contributed by atoms with Gasteiger partial charge in [-0.15, -0.1) is 10.3 Å². The summed E-state index contributed by atoms with van der Waals surface area (Å²) in [5, 5.41) is 14.1. The Morgan fingerprint density at radius 1 is 1.00 bits per heavy atom. The van der Waals surface area contributed by atoms with Crippen molar-refractivity contribution in [2.24, 2.45) is 0 Å². The van der Waals surface area contributed by atoms with E-state index in [1.807, 2.05) is 45.9 Å². The first-order chi connectivity index (χ1) is 15.3. The van der Waals surface area contributed by atoms with Gasteiger partial charge in [-0.1, -0.05) is 42.5 Å². The summed E-state index contributed by atoms with van der Waals surface area (Å²) in [7, 11) is -3.49. The van der Waals surface area contributed by atoms with Crippen molar-refractivity contribution >= 4 is 21.9 Å². The molecule has 1 unspecified atom stereocenters. The smallest absolute Gasteiger partial charge is 0.338 e. The molecular formula is C26H32NO5S. The number of benzene rings is 2. The van der Waals surface area contributed by atoms with E-state index in [0.29, 0.717) is 24.0 Å². The highest BCUT2D eigenvalue weighted by Gasteiger charge is 2.47. The standard InChI is InChI=1S/C26H32NO5S/c1-19(21-9-7-6-8-10-21)33(30,31)16-15-20-11-13-22(14-12-20)24(28)32-23-17-25(2,3)27(29)26(4,5)18-23/h6-16,19,23H,17-18H2,1-5H3/b16-15+. The molecule has 1 aliphatic heterocycles. The van der Waals surface area contributed by atoms with Crippen molar-refractivity contribution < 1.29 is 23.2 Å². The molecule has 1 saturated heterocycles. The molecule has 1 heterocycles. The molecule has 0 bridgehead atoms. The third-order valence-electron chi connectivity index (χ3n) is 6.19. The Hall–Kier alpha value is -2.48. The van der Waals surface area contributed by atoms with Crippen LogP contribution in [0.4, 0.5) is 0 Å². The van der Waals surface area contributed by atoms with Gasteiger partial charge in [0.2, 0.25) is 0 Å². The molecule has 2 aromatic carbocycles. The highest BCUT2D eigenvalue weighted by Crippen LogP contribution is 2.38. The van der Waals surface area contributed by atoms with Crippen LogP contribution in [-0.2, 0) is 19.8 Å². The molecule has 0 aromatic heterocycles. The third-order valence-corrected chi connectivity index (χ3v) is 7.96. The summed E-state index contributed by atoms with van der Waals surface area (Å²) < 4.78 is 31.0. The number of carbonyl (C=O) groups excluding carboxylic acids is 1. The second-order valence-electron chi connectivity index (χ2n) is 9.92. The van der Waals surface area contributed by atoms with Gasteiger partial charge in [-0.25, -0.2) is 13.2 Å². The monoisotopic (exact) mass is 470 g/mol. The normalized spacial score (nSPS) is 19.9. The van der Waals surface area contributed by atoms with Crippen LogP contribution in [0.15, 0.2) is 60.0 Å². The van der Waals surface area contributed by atoms with Crippen LogP contribution in [0.1, 0.15) is 74.2 Å². The lowest BCUT2D eigenvalue weighted by Gasteiger charge is -2.49. The second-order valence-corrected chi connectivity index (χ2v) is 12.1. The molecule has 1 fully saturated rings. The van der Waals surface area contributed by atoms with Gasteiger partial charge in [0.1, 0.15) is 6.10 Å². The maximum absolute atomic E-state index is 12.7. The maximum atomic E-state index is 12.7. The van der Waals surface area contributed by atoms with Crippen molar-refractivity contribution in [2.75, 3.05) is 0 Å². The number of nitrogens with zero attached hydrogens (tertiary/aromatic N) is 1. The van der Waals surface area contributed by atoms with E-state index in [9.17, 15) is 18.4 Å². The Morgan fingerprint density at radius 3 is 2.09 bits per heavy atom. The lowest BCUT2D eigenvalue weighted by Crippen LogP contribution is -2.60. The molecular weight excluding hydrogens is 438 g/mol. The fourth-order valence-corrected chi connectivity index (χ4v) is 5.53. The Morgan fingerprint density at radius 2 is 1.55 bits per heavy atom. The van der Waals surface area contributed by atoms with Gasteiger partial charge < -0.3 is 4.74 Å². The molecule has 177 valence electrons. The first-order valence-corrected chi connectivity index (χ1v) is 12.7. The summed E-state index contributed by atoms with van der Waals surface area (Å²) in [6.07, 6.45) is 2.10. The Kier molecular flexibility index (Phi) is 7.17. The Balaban J connectivity index is 1.66. The largest absolute Gasteiger partial charge is 0.459 e. The van der Waals surface area contributed by atoms with Crippen molar-refractivity contribution in [1.29, 1.82) is 0 Å². The quantitative estimate of drug-likeness (QED) is 0.531. The molecule has 3 rings (SSSR count). The minimum Gasteiger partial charge on any atom is -0.459 e. The van der Waals surface area contributed by atoms with Crippen LogP contribution in [0.25, 0.3) is 6.08 Å². The Bertz CT molecular complexity index is 1090. The molecule has 1 atom stereocenters. The van der Waals surface area contributed by atoms with Gasteiger partial charge in [0.05, 0.1) is 10.8 Å². The molecule has 0 spiro atoms. The highest BCUT2D eigenvalue weighted by molar-refractivity contribution is 7.94. The fraction of sp³-hybridized carbons (Fsp3) is 0.423. The first-order valence-electron chi connectivity index (χ1n) is 11.1.